The molecule has 0 atom stereocenters. The van der Waals surface area contributed by atoms with Crippen molar-refractivity contribution < 1.29 is 19.4 Å². The normalized spacial score (nSPS) is 10.3. The van der Waals surface area contributed by atoms with Crippen LogP contribution in [0.1, 0.15) is 17.4 Å². The number of nitrogens with zero attached hydrogens (tertiary/aromatic N) is 4. The summed E-state index contributed by atoms with van der Waals surface area (Å²) in [4.78, 5) is 26.6. The number of benzene rings is 1. The second-order valence-electron chi connectivity index (χ2n) is 5.19. The number of aromatic nitrogens is 5. The van der Waals surface area contributed by atoms with Gasteiger partial charge in [-0.25, -0.2) is 4.98 Å². The Morgan fingerprint density at radius 3 is 2.73 bits per heavy atom. The maximum atomic E-state index is 12.0. The van der Waals surface area contributed by atoms with Gasteiger partial charge >= 0.3 is 5.97 Å². The maximum absolute atomic E-state index is 12.0. The van der Waals surface area contributed by atoms with Crippen molar-refractivity contribution in [2.75, 3.05) is 6.73 Å². The highest BCUT2D eigenvalue weighted by molar-refractivity contribution is 5.95. The summed E-state index contributed by atoms with van der Waals surface area (Å²) in [6.45, 7) is 0.920. The first kappa shape index (κ1) is 17.0. The largest absolute Gasteiger partial charge is 0.505 e. The molecule has 0 saturated carbocycles. The first-order valence-corrected chi connectivity index (χ1v) is 7.49. The van der Waals surface area contributed by atoms with E-state index in [4.69, 9.17) is 0 Å². The Balaban J connectivity index is 1.80. The molecular formula is C16H14N6O4. The molecule has 0 aliphatic rings. The Bertz CT molecular complexity index is 942. The summed E-state index contributed by atoms with van der Waals surface area (Å²) in [5.41, 5.74) is 1.92. The van der Waals surface area contributed by atoms with Crippen LogP contribution < -0.4 is 5.32 Å². The molecule has 2 heterocycles. The van der Waals surface area contributed by atoms with E-state index in [0.717, 1.165) is 11.1 Å². The van der Waals surface area contributed by atoms with E-state index in [1.54, 1.807) is 6.07 Å². The fraction of sp³-hybridized carbons (Fsp3) is 0.125. The molecule has 10 heteroatoms. The van der Waals surface area contributed by atoms with Crippen molar-refractivity contribution in [3.8, 4) is 28.3 Å². The molecule has 0 fully saturated rings. The smallest absolute Gasteiger partial charge is 0.304 e. The number of ether oxygens (including phenoxy) is 1. The van der Waals surface area contributed by atoms with Crippen molar-refractivity contribution >= 4 is 11.9 Å². The van der Waals surface area contributed by atoms with Crippen molar-refractivity contribution in [2.45, 2.75) is 6.92 Å². The number of carbonyl (C=O) groups is 2. The summed E-state index contributed by atoms with van der Waals surface area (Å²) in [5, 5.41) is 26.2. The first-order chi connectivity index (χ1) is 12.5. The van der Waals surface area contributed by atoms with Crippen LogP contribution in [0, 0.1) is 0 Å². The maximum Gasteiger partial charge on any atom is 0.304 e. The van der Waals surface area contributed by atoms with E-state index >= 15 is 0 Å². The van der Waals surface area contributed by atoms with Crippen molar-refractivity contribution in [1.29, 1.82) is 0 Å². The van der Waals surface area contributed by atoms with Crippen LogP contribution >= 0.6 is 0 Å². The molecule has 1 aromatic carbocycles. The minimum Gasteiger partial charge on any atom is -0.505 e. The third-order valence-corrected chi connectivity index (χ3v) is 3.39. The number of carbonyl (C=O) groups excluding carboxylic acids is 2. The molecule has 3 N–H and O–H groups in total. The van der Waals surface area contributed by atoms with Gasteiger partial charge in [-0.1, -0.05) is 18.2 Å². The number of amides is 1. The lowest BCUT2D eigenvalue weighted by Crippen LogP contribution is -2.27. The van der Waals surface area contributed by atoms with Gasteiger partial charge in [-0.05, 0) is 22.9 Å². The standard InChI is InChI=1S/C16H14N6O4/c1-9(23)26-8-18-16(25)14-13(24)6-12(7-17-14)10-3-2-4-11(5-10)15-19-21-22-20-15/h2-7,24H,8H2,1H3,(H,18,25)(H,19,20,21,22). The van der Waals surface area contributed by atoms with Crippen LogP contribution in [-0.4, -0.2) is 49.3 Å². The van der Waals surface area contributed by atoms with Crippen LogP contribution in [0.5, 0.6) is 5.75 Å². The number of H-pyrrole nitrogens is 1. The van der Waals surface area contributed by atoms with E-state index in [1.165, 1.54) is 19.2 Å². The van der Waals surface area contributed by atoms with E-state index in [2.05, 4.69) is 35.7 Å². The number of tetrazole rings is 1. The Morgan fingerprint density at radius 1 is 1.23 bits per heavy atom. The van der Waals surface area contributed by atoms with E-state index < -0.39 is 11.9 Å². The summed E-state index contributed by atoms with van der Waals surface area (Å²) in [6.07, 6.45) is 1.45. The number of aromatic hydroxyl groups is 1. The highest BCUT2D eigenvalue weighted by atomic mass is 16.5. The molecule has 0 unspecified atom stereocenters. The SMILES string of the molecule is CC(=O)OCNC(=O)c1ncc(-c2cccc(-c3nn[nH]n3)c2)cc1O. The van der Waals surface area contributed by atoms with Gasteiger partial charge in [0.05, 0.1) is 0 Å². The number of rotatable bonds is 5. The predicted molar refractivity (Wildman–Crippen MR) is 88.6 cm³/mol. The van der Waals surface area contributed by atoms with Gasteiger partial charge in [-0.2, -0.15) is 5.21 Å². The molecule has 0 spiro atoms. The highest BCUT2D eigenvalue weighted by Crippen LogP contribution is 2.27. The molecule has 0 aliphatic carbocycles. The number of aromatic amines is 1. The quantitative estimate of drug-likeness (QED) is 0.453. The Hall–Kier alpha value is -3.82. The van der Waals surface area contributed by atoms with Crippen molar-refractivity contribution in [3.05, 3.63) is 42.2 Å². The lowest BCUT2D eigenvalue weighted by molar-refractivity contribution is -0.141. The minimum absolute atomic E-state index is 0.171. The third-order valence-electron chi connectivity index (χ3n) is 3.39. The van der Waals surface area contributed by atoms with Gasteiger partial charge in [0.15, 0.2) is 12.4 Å². The fourth-order valence-electron chi connectivity index (χ4n) is 2.19. The van der Waals surface area contributed by atoms with Crippen LogP contribution in [0.15, 0.2) is 36.5 Å². The van der Waals surface area contributed by atoms with Gasteiger partial charge in [-0.15, -0.1) is 10.2 Å². The van der Waals surface area contributed by atoms with Crippen LogP contribution in [0.2, 0.25) is 0 Å². The second kappa shape index (κ2) is 7.38. The van der Waals surface area contributed by atoms with Gasteiger partial charge in [0.1, 0.15) is 5.75 Å². The van der Waals surface area contributed by atoms with Crippen LogP contribution in [0.25, 0.3) is 22.5 Å². The van der Waals surface area contributed by atoms with Crippen LogP contribution in [0.4, 0.5) is 0 Å². The Kier molecular flexibility index (Phi) is 4.83. The summed E-state index contributed by atoms with van der Waals surface area (Å²) >= 11 is 0. The molecule has 0 saturated heterocycles. The van der Waals surface area contributed by atoms with Gasteiger partial charge < -0.3 is 15.2 Å². The van der Waals surface area contributed by atoms with Crippen LogP contribution in [0.3, 0.4) is 0 Å². The lowest BCUT2D eigenvalue weighted by Gasteiger charge is -2.08. The first-order valence-electron chi connectivity index (χ1n) is 7.49. The third kappa shape index (κ3) is 3.80. The topological polar surface area (TPSA) is 143 Å². The molecule has 1 amide bonds. The number of esters is 1. The summed E-state index contributed by atoms with van der Waals surface area (Å²) in [6, 6.07) is 8.67. The zero-order chi connectivity index (χ0) is 18.5. The van der Waals surface area contributed by atoms with Gasteiger partial charge in [0.25, 0.3) is 5.91 Å². The molecule has 3 aromatic rings. The molecule has 0 radical (unpaired) electrons. The second-order valence-corrected chi connectivity index (χ2v) is 5.19. The zero-order valence-electron chi connectivity index (χ0n) is 13.6. The number of pyridine rings is 1. The molecule has 0 aliphatic heterocycles. The minimum atomic E-state index is -0.657. The molecule has 0 bridgehead atoms. The van der Waals surface area contributed by atoms with Crippen molar-refractivity contribution in [3.63, 3.8) is 0 Å². The zero-order valence-corrected chi connectivity index (χ0v) is 13.6. The summed E-state index contributed by atoms with van der Waals surface area (Å²) in [7, 11) is 0. The lowest BCUT2D eigenvalue weighted by atomic mass is 10.0. The van der Waals surface area contributed by atoms with E-state index in [-0.39, 0.29) is 18.2 Å². The van der Waals surface area contributed by atoms with Crippen molar-refractivity contribution in [1.82, 2.24) is 30.9 Å². The van der Waals surface area contributed by atoms with Gasteiger partial charge in [0, 0.05) is 24.2 Å². The molecule has 10 nitrogen and oxygen atoms in total. The predicted octanol–water partition coefficient (Wildman–Crippen LogP) is 0.885. The monoisotopic (exact) mass is 354 g/mol. The van der Waals surface area contributed by atoms with Crippen molar-refractivity contribution in [2.24, 2.45) is 0 Å². The molecule has 2 aromatic heterocycles. The van der Waals surface area contributed by atoms with E-state index in [1.807, 2.05) is 18.2 Å². The molecule has 3 rings (SSSR count). The summed E-state index contributed by atoms with van der Waals surface area (Å²) < 4.78 is 4.62. The molecule has 26 heavy (non-hydrogen) atoms. The average molecular weight is 354 g/mol. The molecular weight excluding hydrogens is 340 g/mol. The summed E-state index contributed by atoms with van der Waals surface area (Å²) in [5.74, 6) is -1.05. The Morgan fingerprint density at radius 2 is 2.04 bits per heavy atom. The fourth-order valence-corrected chi connectivity index (χ4v) is 2.19. The number of hydrogen-bond acceptors (Lipinski definition) is 8. The van der Waals surface area contributed by atoms with E-state index in [9.17, 15) is 14.7 Å². The van der Waals surface area contributed by atoms with Gasteiger partial charge in [0.2, 0.25) is 5.82 Å². The Labute approximate surface area is 147 Å². The average Bonchev–Trinajstić information content (AvgIpc) is 3.16. The van der Waals surface area contributed by atoms with Crippen LogP contribution in [-0.2, 0) is 9.53 Å². The number of hydrogen-bond donors (Lipinski definition) is 3. The highest BCUT2D eigenvalue weighted by Gasteiger charge is 2.14. The van der Waals surface area contributed by atoms with Gasteiger partial charge in [-0.3, -0.25) is 9.59 Å². The number of nitrogens with one attached hydrogen (secondary N) is 2. The molecule has 132 valence electrons. The van der Waals surface area contributed by atoms with E-state index in [0.29, 0.717) is 11.4 Å².